The number of aliphatic imine (C=N–C) groups is 1. The van der Waals surface area contributed by atoms with Gasteiger partial charge in [0, 0.05) is 31.7 Å². The standard InChI is InChI=1S/C44H28N2OS/c1-3-12-27(13-4-1)32-24-22-28-14-7-8-17-31(28)39(32)30-23-25-33-37(26-30)47-36-20-11-19-35(40(33)36)44-45-41(29-15-5-2-6-16-29)43-42(46-44)34-18-9-10-21-38(34)48-43/h1-26,42H,(H,45,46). The van der Waals surface area contributed by atoms with Crippen LogP contribution in [0.2, 0.25) is 0 Å². The Kier molecular flexibility index (Phi) is 6.18. The topological polar surface area (TPSA) is 37.5 Å². The number of rotatable bonds is 4. The lowest BCUT2D eigenvalue weighted by Crippen LogP contribution is -2.32. The van der Waals surface area contributed by atoms with E-state index in [0.717, 1.165) is 50.2 Å². The Bertz CT molecular complexity index is 2620. The minimum atomic E-state index is 0.0386. The number of hydrogen-bond acceptors (Lipinski definition) is 4. The van der Waals surface area contributed by atoms with E-state index in [1.54, 1.807) is 0 Å². The molecule has 10 rings (SSSR count). The average Bonchev–Trinajstić information content (AvgIpc) is 3.73. The van der Waals surface area contributed by atoms with E-state index in [4.69, 9.17) is 9.41 Å². The lowest BCUT2D eigenvalue weighted by Gasteiger charge is -2.25. The third-order valence-corrected chi connectivity index (χ3v) is 10.8. The van der Waals surface area contributed by atoms with E-state index in [1.807, 2.05) is 11.8 Å². The predicted molar refractivity (Wildman–Crippen MR) is 200 cm³/mol. The number of fused-ring (bicyclic) bond motifs is 7. The molecule has 7 aromatic carbocycles. The van der Waals surface area contributed by atoms with Crippen molar-refractivity contribution in [3.8, 4) is 22.3 Å². The third kappa shape index (κ3) is 4.27. The van der Waals surface area contributed by atoms with Crippen LogP contribution in [0, 0.1) is 0 Å². The van der Waals surface area contributed by atoms with Gasteiger partial charge < -0.3 is 9.73 Å². The second kappa shape index (κ2) is 10.9. The van der Waals surface area contributed by atoms with Gasteiger partial charge in [-0.3, -0.25) is 0 Å². The summed E-state index contributed by atoms with van der Waals surface area (Å²) in [5, 5.41) is 8.43. The second-order valence-electron chi connectivity index (χ2n) is 12.3. The molecule has 3 heterocycles. The molecular formula is C44H28N2OS. The maximum absolute atomic E-state index is 6.66. The lowest BCUT2D eigenvalue weighted by atomic mass is 9.89. The molecule has 0 fully saturated rings. The van der Waals surface area contributed by atoms with Crippen molar-refractivity contribution in [2.75, 3.05) is 0 Å². The van der Waals surface area contributed by atoms with E-state index >= 15 is 0 Å². The van der Waals surface area contributed by atoms with Crippen molar-refractivity contribution in [3.05, 3.63) is 179 Å². The van der Waals surface area contributed by atoms with Crippen LogP contribution in [0.15, 0.2) is 177 Å². The number of benzene rings is 7. The van der Waals surface area contributed by atoms with Crippen LogP contribution in [0.1, 0.15) is 22.7 Å². The molecule has 0 aliphatic carbocycles. The molecular weight excluding hydrogens is 605 g/mol. The number of nitrogens with one attached hydrogen (secondary N) is 1. The van der Waals surface area contributed by atoms with Crippen molar-refractivity contribution in [1.82, 2.24) is 5.32 Å². The van der Waals surface area contributed by atoms with Crippen LogP contribution >= 0.6 is 11.8 Å². The molecule has 1 unspecified atom stereocenters. The molecule has 0 saturated carbocycles. The minimum absolute atomic E-state index is 0.0386. The highest BCUT2D eigenvalue weighted by Crippen LogP contribution is 2.52. The predicted octanol–water partition coefficient (Wildman–Crippen LogP) is 11.6. The molecule has 1 aromatic heterocycles. The van der Waals surface area contributed by atoms with Crippen LogP contribution in [-0.4, -0.2) is 5.84 Å². The summed E-state index contributed by atoms with van der Waals surface area (Å²) in [7, 11) is 0. The van der Waals surface area contributed by atoms with Crippen LogP contribution in [0.5, 0.6) is 0 Å². The van der Waals surface area contributed by atoms with Crippen molar-refractivity contribution < 1.29 is 4.42 Å². The van der Waals surface area contributed by atoms with Crippen LogP contribution in [-0.2, 0) is 0 Å². The van der Waals surface area contributed by atoms with Crippen molar-refractivity contribution in [3.63, 3.8) is 0 Å². The van der Waals surface area contributed by atoms with E-state index < -0.39 is 0 Å². The van der Waals surface area contributed by atoms with Gasteiger partial charge in [-0.25, -0.2) is 4.99 Å². The highest BCUT2D eigenvalue weighted by atomic mass is 32.2. The van der Waals surface area contributed by atoms with Gasteiger partial charge in [0.15, 0.2) is 0 Å². The molecule has 0 saturated heterocycles. The number of hydrogen-bond donors (Lipinski definition) is 1. The van der Waals surface area contributed by atoms with Crippen molar-refractivity contribution in [2.24, 2.45) is 4.99 Å². The van der Waals surface area contributed by atoms with Crippen LogP contribution in [0.25, 0.3) is 60.7 Å². The third-order valence-electron chi connectivity index (χ3n) is 9.55. The maximum atomic E-state index is 6.66. The molecule has 0 bridgehead atoms. The Morgan fingerprint density at radius 3 is 2.21 bits per heavy atom. The molecule has 3 nitrogen and oxygen atoms in total. The average molecular weight is 633 g/mol. The molecule has 2 aliphatic heterocycles. The van der Waals surface area contributed by atoms with Crippen molar-refractivity contribution in [2.45, 2.75) is 10.9 Å². The van der Waals surface area contributed by atoms with Crippen LogP contribution < -0.4 is 5.32 Å². The fraction of sp³-hybridized carbons (Fsp3) is 0.0227. The Hall–Kier alpha value is -5.84. The smallest absolute Gasteiger partial charge is 0.136 e. The van der Waals surface area contributed by atoms with Gasteiger partial charge in [0.25, 0.3) is 0 Å². The molecule has 1 N–H and O–H groups in total. The number of nitrogens with zero attached hydrogens (tertiary/aromatic N) is 1. The normalized spacial score (nSPS) is 15.4. The van der Waals surface area contributed by atoms with Crippen LogP contribution in [0.4, 0.5) is 0 Å². The van der Waals surface area contributed by atoms with E-state index in [-0.39, 0.29) is 6.04 Å². The zero-order chi connectivity index (χ0) is 31.6. The Morgan fingerprint density at radius 2 is 1.33 bits per heavy atom. The highest BCUT2D eigenvalue weighted by Gasteiger charge is 2.35. The van der Waals surface area contributed by atoms with E-state index in [9.17, 15) is 0 Å². The summed E-state index contributed by atoms with van der Waals surface area (Å²) in [6.45, 7) is 0. The number of furan rings is 1. The van der Waals surface area contributed by atoms with Gasteiger partial charge in [-0.1, -0.05) is 145 Å². The Balaban J connectivity index is 1.16. The van der Waals surface area contributed by atoms with E-state index in [2.05, 4.69) is 163 Å². The number of thioether (sulfide) groups is 1. The minimum Gasteiger partial charge on any atom is -0.456 e. The summed E-state index contributed by atoms with van der Waals surface area (Å²) in [6, 6.07) is 55.9. The van der Waals surface area contributed by atoms with Crippen molar-refractivity contribution in [1.29, 1.82) is 0 Å². The van der Waals surface area contributed by atoms with Gasteiger partial charge in [-0.2, -0.15) is 0 Å². The summed E-state index contributed by atoms with van der Waals surface area (Å²) in [6.07, 6.45) is 0. The van der Waals surface area contributed by atoms with Crippen molar-refractivity contribution >= 4 is 56.0 Å². The summed E-state index contributed by atoms with van der Waals surface area (Å²) in [5.41, 5.74) is 10.9. The molecule has 8 aromatic rings. The molecule has 48 heavy (non-hydrogen) atoms. The monoisotopic (exact) mass is 632 g/mol. The summed E-state index contributed by atoms with van der Waals surface area (Å²) in [5.74, 6) is 0.859. The lowest BCUT2D eigenvalue weighted by molar-refractivity contribution is 0.669. The summed E-state index contributed by atoms with van der Waals surface area (Å²) >= 11 is 1.82. The second-order valence-corrected chi connectivity index (χ2v) is 13.4. The molecule has 4 heteroatoms. The van der Waals surface area contributed by atoms with Gasteiger partial charge in [0.1, 0.15) is 17.0 Å². The first-order valence-electron chi connectivity index (χ1n) is 16.2. The quantitative estimate of drug-likeness (QED) is 0.210. The Labute approximate surface area is 282 Å². The first kappa shape index (κ1) is 27.3. The van der Waals surface area contributed by atoms with Gasteiger partial charge in [-0.05, 0) is 62.9 Å². The zero-order valence-electron chi connectivity index (χ0n) is 25.9. The fourth-order valence-electron chi connectivity index (χ4n) is 7.36. The summed E-state index contributed by atoms with van der Waals surface area (Å²) < 4.78 is 6.66. The highest BCUT2D eigenvalue weighted by molar-refractivity contribution is 8.03. The molecule has 226 valence electrons. The first-order chi connectivity index (χ1) is 23.8. The fourth-order valence-corrected chi connectivity index (χ4v) is 8.61. The maximum Gasteiger partial charge on any atom is 0.136 e. The number of amidine groups is 1. The SMILES string of the molecule is c1ccc(C2=C3Sc4ccccc4C3NC(c3cccc4oc5cc(-c6c(-c7ccccc7)ccc7ccccc67)ccc5c34)=N2)cc1. The molecule has 1 atom stereocenters. The van der Waals surface area contributed by atoms with Gasteiger partial charge in [0.2, 0.25) is 0 Å². The molecule has 0 spiro atoms. The van der Waals surface area contributed by atoms with Gasteiger partial charge >= 0.3 is 0 Å². The van der Waals surface area contributed by atoms with E-state index in [0.29, 0.717) is 0 Å². The first-order valence-corrected chi connectivity index (χ1v) is 17.1. The summed E-state index contributed by atoms with van der Waals surface area (Å²) in [4.78, 5) is 7.87. The zero-order valence-corrected chi connectivity index (χ0v) is 26.7. The van der Waals surface area contributed by atoms with Gasteiger partial charge in [0.05, 0.1) is 11.7 Å². The van der Waals surface area contributed by atoms with Gasteiger partial charge in [-0.15, -0.1) is 0 Å². The molecule has 0 amide bonds. The largest absolute Gasteiger partial charge is 0.456 e. The van der Waals surface area contributed by atoms with E-state index in [1.165, 1.54) is 42.8 Å². The Morgan fingerprint density at radius 1 is 0.562 bits per heavy atom. The van der Waals surface area contributed by atoms with Crippen LogP contribution in [0.3, 0.4) is 0 Å². The molecule has 0 radical (unpaired) electrons. The molecule has 2 aliphatic rings.